The number of esters is 1. The summed E-state index contributed by atoms with van der Waals surface area (Å²) in [5, 5.41) is 2.63. The number of carbonyl (C=O) groups excluding carboxylic acids is 2. The fourth-order valence-electron chi connectivity index (χ4n) is 1.09. The van der Waals surface area contributed by atoms with Gasteiger partial charge in [0.2, 0.25) is 0 Å². The van der Waals surface area contributed by atoms with E-state index in [0.717, 1.165) is 0 Å². The van der Waals surface area contributed by atoms with Crippen LogP contribution in [0.1, 0.15) is 6.92 Å². The third-order valence-electron chi connectivity index (χ3n) is 1.95. The summed E-state index contributed by atoms with van der Waals surface area (Å²) >= 11 is 0. The zero-order valence-electron chi connectivity index (χ0n) is 10.8. The van der Waals surface area contributed by atoms with E-state index in [4.69, 9.17) is 4.74 Å². The summed E-state index contributed by atoms with van der Waals surface area (Å²) in [6.07, 6.45) is 3.26. The van der Waals surface area contributed by atoms with Crippen molar-refractivity contribution in [3.8, 4) is 0 Å². The van der Waals surface area contributed by atoms with Crippen LogP contribution in [0.15, 0.2) is 37.5 Å². The van der Waals surface area contributed by atoms with Gasteiger partial charge in [0.25, 0.3) is 0 Å². The van der Waals surface area contributed by atoms with Crippen LogP contribution in [0.25, 0.3) is 0 Å². The molecule has 0 aromatic rings. The molecular formula is C13H20N2O3. The minimum atomic E-state index is -0.460. The molecule has 0 fully saturated rings. The van der Waals surface area contributed by atoms with Gasteiger partial charge in [0.05, 0.1) is 6.54 Å². The van der Waals surface area contributed by atoms with Crippen LogP contribution in [0.2, 0.25) is 0 Å². The summed E-state index contributed by atoms with van der Waals surface area (Å²) in [6.45, 7) is 13.4. The molecule has 0 rings (SSSR count). The molecule has 0 saturated carbocycles. The van der Waals surface area contributed by atoms with E-state index in [9.17, 15) is 9.59 Å². The van der Waals surface area contributed by atoms with E-state index in [1.54, 1.807) is 19.1 Å². The Kier molecular flexibility index (Phi) is 8.01. The maximum absolute atomic E-state index is 11.7. The van der Waals surface area contributed by atoms with E-state index in [1.165, 1.54) is 4.90 Å². The molecule has 0 bridgehead atoms. The topological polar surface area (TPSA) is 58.6 Å². The number of ether oxygens (including phenoxy) is 1. The summed E-state index contributed by atoms with van der Waals surface area (Å²) in [5.74, 6) is -0.460. The number of urea groups is 1. The highest BCUT2D eigenvalue weighted by Gasteiger charge is 2.09. The Bertz CT molecular complexity index is 327. The SMILES string of the molecule is C=CCN(CC=C)C(=O)NCCOC(=O)C(=C)C. The van der Waals surface area contributed by atoms with Crippen molar-refractivity contribution >= 4 is 12.0 Å². The molecule has 1 N–H and O–H groups in total. The average Bonchev–Trinajstić information content (AvgIpc) is 2.33. The number of rotatable bonds is 8. The summed E-state index contributed by atoms with van der Waals surface area (Å²) in [7, 11) is 0. The maximum atomic E-state index is 11.7. The first-order chi connectivity index (χ1) is 8.52. The fraction of sp³-hybridized carbons (Fsp3) is 0.385. The van der Waals surface area contributed by atoms with Crippen LogP contribution in [-0.4, -0.2) is 43.1 Å². The van der Waals surface area contributed by atoms with Crippen LogP contribution in [0, 0.1) is 0 Å². The highest BCUT2D eigenvalue weighted by molar-refractivity contribution is 5.86. The third kappa shape index (κ3) is 6.52. The smallest absolute Gasteiger partial charge is 0.333 e. The summed E-state index contributed by atoms with van der Waals surface area (Å²) < 4.78 is 4.84. The lowest BCUT2D eigenvalue weighted by Gasteiger charge is -2.19. The van der Waals surface area contributed by atoms with E-state index in [-0.39, 0.29) is 19.2 Å². The van der Waals surface area contributed by atoms with Crippen molar-refractivity contribution < 1.29 is 14.3 Å². The van der Waals surface area contributed by atoms with Crippen molar-refractivity contribution in [2.24, 2.45) is 0 Å². The van der Waals surface area contributed by atoms with Crippen LogP contribution in [0.5, 0.6) is 0 Å². The molecule has 0 aromatic carbocycles. The Balaban J connectivity index is 3.93. The molecule has 100 valence electrons. The molecule has 0 aromatic heterocycles. The normalized spacial score (nSPS) is 9.17. The Labute approximate surface area is 108 Å². The van der Waals surface area contributed by atoms with Gasteiger partial charge in [0.1, 0.15) is 6.61 Å². The zero-order chi connectivity index (χ0) is 14.0. The minimum absolute atomic E-state index is 0.119. The van der Waals surface area contributed by atoms with Crippen molar-refractivity contribution in [3.63, 3.8) is 0 Å². The van der Waals surface area contributed by atoms with Gasteiger partial charge in [-0.1, -0.05) is 18.7 Å². The predicted molar refractivity (Wildman–Crippen MR) is 71.1 cm³/mol. The van der Waals surface area contributed by atoms with E-state index in [1.807, 2.05) is 0 Å². The Morgan fingerprint density at radius 3 is 2.28 bits per heavy atom. The second-order valence-corrected chi connectivity index (χ2v) is 3.63. The third-order valence-corrected chi connectivity index (χ3v) is 1.95. The molecule has 0 radical (unpaired) electrons. The second-order valence-electron chi connectivity index (χ2n) is 3.63. The molecule has 0 aliphatic heterocycles. The number of nitrogens with zero attached hydrogens (tertiary/aromatic N) is 1. The van der Waals surface area contributed by atoms with E-state index in [2.05, 4.69) is 25.1 Å². The monoisotopic (exact) mass is 252 g/mol. The van der Waals surface area contributed by atoms with Gasteiger partial charge in [0.15, 0.2) is 0 Å². The van der Waals surface area contributed by atoms with Gasteiger partial charge in [-0.3, -0.25) is 0 Å². The Morgan fingerprint density at radius 1 is 1.28 bits per heavy atom. The van der Waals surface area contributed by atoms with Crippen LogP contribution >= 0.6 is 0 Å². The summed E-state index contributed by atoms with van der Waals surface area (Å²) in [4.78, 5) is 24.2. The van der Waals surface area contributed by atoms with Gasteiger partial charge in [-0.25, -0.2) is 9.59 Å². The Morgan fingerprint density at radius 2 is 1.83 bits per heavy atom. The van der Waals surface area contributed by atoms with Gasteiger partial charge < -0.3 is 15.0 Å². The van der Waals surface area contributed by atoms with Crippen molar-refractivity contribution in [2.45, 2.75) is 6.92 Å². The quantitative estimate of drug-likeness (QED) is 0.308. The standard InChI is InChI=1S/C13H20N2O3/c1-5-8-15(9-6-2)13(17)14-7-10-18-12(16)11(3)4/h5-6H,1-3,7-10H2,4H3,(H,14,17). The lowest BCUT2D eigenvalue weighted by molar-refractivity contribution is -0.138. The van der Waals surface area contributed by atoms with E-state index in [0.29, 0.717) is 18.7 Å². The largest absolute Gasteiger partial charge is 0.460 e. The van der Waals surface area contributed by atoms with Crippen molar-refractivity contribution in [2.75, 3.05) is 26.2 Å². The minimum Gasteiger partial charge on any atom is -0.460 e. The zero-order valence-corrected chi connectivity index (χ0v) is 10.8. The van der Waals surface area contributed by atoms with Crippen LogP contribution in [0.3, 0.4) is 0 Å². The molecule has 5 heteroatoms. The number of nitrogens with one attached hydrogen (secondary N) is 1. The highest BCUT2D eigenvalue weighted by Crippen LogP contribution is 1.92. The van der Waals surface area contributed by atoms with Crippen molar-refractivity contribution in [1.82, 2.24) is 10.2 Å². The number of hydrogen-bond donors (Lipinski definition) is 1. The second kappa shape index (κ2) is 9.04. The number of hydrogen-bond acceptors (Lipinski definition) is 3. The van der Waals surface area contributed by atoms with Crippen LogP contribution in [0.4, 0.5) is 4.79 Å². The molecule has 0 aliphatic rings. The van der Waals surface area contributed by atoms with E-state index >= 15 is 0 Å². The number of carbonyl (C=O) groups is 2. The van der Waals surface area contributed by atoms with Gasteiger partial charge >= 0.3 is 12.0 Å². The fourth-order valence-corrected chi connectivity index (χ4v) is 1.09. The molecular weight excluding hydrogens is 232 g/mol. The molecule has 18 heavy (non-hydrogen) atoms. The van der Waals surface area contributed by atoms with Crippen LogP contribution in [-0.2, 0) is 9.53 Å². The molecule has 5 nitrogen and oxygen atoms in total. The number of amides is 2. The first-order valence-corrected chi connectivity index (χ1v) is 5.60. The van der Waals surface area contributed by atoms with Crippen LogP contribution < -0.4 is 5.32 Å². The summed E-state index contributed by atoms with van der Waals surface area (Å²) in [6, 6.07) is -0.249. The average molecular weight is 252 g/mol. The molecule has 0 atom stereocenters. The predicted octanol–water partition coefficient (Wildman–Crippen LogP) is 1.49. The lowest BCUT2D eigenvalue weighted by Crippen LogP contribution is -2.41. The molecule has 2 amide bonds. The van der Waals surface area contributed by atoms with Crippen molar-refractivity contribution in [1.29, 1.82) is 0 Å². The van der Waals surface area contributed by atoms with E-state index < -0.39 is 5.97 Å². The first-order valence-electron chi connectivity index (χ1n) is 5.60. The highest BCUT2D eigenvalue weighted by atomic mass is 16.5. The molecule has 0 spiro atoms. The molecule has 0 saturated heterocycles. The summed E-state index contributed by atoms with van der Waals surface area (Å²) in [5.41, 5.74) is 0.335. The van der Waals surface area contributed by atoms with Gasteiger partial charge in [-0.15, -0.1) is 13.2 Å². The Hall–Kier alpha value is -2.04. The lowest BCUT2D eigenvalue weighted by atomic mass is 10.4. The molecule has 0 aliphatic carbocycles. The molecule has 0 heterocycles. The maximum Gasteiger partial charge on any atom is 0.333 e. The first kappa shape index (κ1) is 16.0. The van der Waals surface area contributed by atoms with Gasteiger partial charge in [-0.2, -0.15) is 0 Å². The molecule has 0 unspecified atom stereocenters. The van der Waals surface area contributed by atoms with Gasteiger partial charge in [0, 0.05) is 18.7 Å². The van der Waals surface area contributed by atoms with Crippen molar-refractivity contribution in [3.05, 3.63) is 37.5 Å². The van der Waals surface area contributed by atoms with Gasteiger partial charge in [-0.05, 0) is 6.92 Å².